The van der Waals surface area contributed by atoms with Gasteiger partial charge in [0.2, 0.25) is 0 Å². The first kappa shape index (κ1) is 23.2. The maximum Gasteiger partial charge on any atom is 0.422 e. The van der Waals surface area contributed by atoms with Gasteiger partial charge < -0.3 is 14.5 Å². The van der Waals surface area contributed by atoms with E-state index in [1.807, 2.05) is 0 Å². The van der Waals surface area contributed by atoms with Gasteiger partial charge in [-0.15, -0.1) is 5.10 Å². The zero-order chi connectivity index (χ0) is 25.7. The highest BCUT2D eigenvalue weighted by Gasteiger charge is 2.43. The standard InChI is InChI=1S/C25H21F3N6O3/c26-25(27,28)13-37-22-8-21(29-18-4-2-1-3-17(18)22)24(36)34-11-15-9-33(10-16(15)12-34)23(35)14-5-6-19-20(7-14)31-32-30-19/h1-8,15-16H,9-13H2,(H,30,31,32)/t15-,16-/m1/s1. The Balaban J connectivity index is 1.16. The SMILES string of the molecule is O=C(c1ccc2[nH]nnc2c1)N1C[C@@H]2CN(C(=O)c3cc(OCC(F)(F)F)c4ccccc4n3)C[C@H]2C1. The van der Waals surface area contributed by atoms with Crippen LogP contribution in [0, 0.1) is 11.8 Å². The number of fused-ring (bicyclic) bond motifs is 3. The summed E-state index contributed by atoms with van der Waals surface area (Å²) in [5.41, 5.74) is 2.30. The van der Waals surface area contributed by atoms with Crippen molar-refractivity contribution in [2.75, 3.05) is 32.8 Å². The van der Waals surface area contributed by atoms with Crippen LogP contribution in [0.15, 0.2) is 48.5 Å². The van der Waals surface area contributed by atoms with Gasteiger partial charge >= 0.3 is 6.18 Å². The van der Waals surface area contributed by atoms with E-state index in [0.29, 0.717) is 48.2 Å². The van der Waals surface area contributed by atoms with Gasteiger partial charge in [-0.05, 0) is 30.3 Å². The van der Waals surface area contributed by atoms with Gasteiger partial charge in [0.1, 0.15) is 17.0 Å². The van der Waals surface area contributed by atoms with E-state index in [1.165, 1.54) is 6.07 Å². The Morgan fingerprint density at radius 2 is 1.65 bits per heavy atom. The molecule has 2 atom stereocenters. The van der Waals surface area contributed by atoms with Gasteiger partial charge in [0, 0.05) is 55.0 Å². The number of benzene rings is 2. The molecule has 12 heteroatoms. The minimum absolute atomic E-state index is 0.0321. The van der Waals surface area contributed by atoms with E-state index in [4.69, 9.17) is 4.74 Å². The van der Waals surface area contributed by atoms with Crippen LogP contribution < -0.4 is 4.74 Å². The molecule has 0 unspecified atom stereocenters. The summed E-state index contributed by atoms with van der Waals surface area (Å²) in [4.78, 5) is 34.2. The summed E-state index contributed by atoms with van der Waals surface area (Å²) in [6.45, 7) is 0.423. The van der Waals surface area contributed by atoms with E-state index < -0.39 is 12.8 Å². The molecule has 4 heterocycles. The number of amides is 2. The summed E-state index contributed by atoms with van der Waals surface area (Å²) in [6.07, 6.45) is -4.51. The number of aromatic amines is 1. The topological polar surface area (TPSA) is 104 Å². The lowest BCUT2D eigenvalue weighted by molar-refractivity contribution is -0.153. The molecule has 6 rings (SSSR count). The molecule has 2 aromatic heterocycles. The number of likely N-dealkylation sites (tertiary alicyclic amines) is 2. The molecule has 2 aliphatic heterocycles. The Morgan fingerprint density at radius 1 is 0.946 bits per heavy atom. The highest BCUT2D eigenvalue weighted by molar-refractivity contribution is 5.98. The molecule has 9 nitrogen and oxygen atoms in total. The number of pyridine rings is 1. The Kier molecular flexibility index (Phi) is 5.46. The van der Waals surface area contributed by atoms with Crippen LogP contribution in [0.25, 0.3) is 21.9 Å². The molecule has 0 bridgehead atoms. The third-order valence-electron chi connectivity index (χ3n) is 6.92. The fourth-order valence-electron chi connectivity index (χ4n) is 5.18. The first-order valence-electron chi connectivity index (χ1n) is 11.7. The highest BCUT2D eigenvalue weighted by Crippen LogP contribution is 2.34. The number of alkyl halides is 3. The molecule has 37 heavy (non-hydrogen) atoms. The van der Waals surface area contributed by atoms with Crippen molar-refractivity contribution in [3.8, 4) is 5.75 Å². The van der Waals surface area contributed by atoms with E-state index in [2.05, 4.69) is 20.4 Å². The molecular formula is C25H21F3N6O3. The fourth-order valence-corrected chi connectivity index (χ4v) is 5.18. The van der Waals surface area contributed by atoms with Gasteiger partial charge in [-0.3, -0.25) is 14.7 Å². The average molecular weight is 510 g/mol. The minimum Gasteiger partial charge on any atom is -0.483 e. The van der Waals surface area contributed by atoms with Crippen LogP contribution in [0.2, 0.25) is 0 Å². The van der Waals surface area contributed by atoms with Gasteiger partial charge in [0.15, 0.2) is 6.61 Å². The predicted octanol–water partition coefficient (Wildman–Crippen LogP) is 3.29. The molecule has 0 radical (unpaired) electrons. The van der Waals surface area contributed by atoms with Crippen molar-refractivity contribution in [1.29, 1.82) is 0 Å². The Bertz CT molecular complexity index is 1510. The van der Waals surface area contributed by atoms with E-state index in [-0.39, 0.29) is 35.1 Å². The largest absolute Gasteiger partial charge is 0.483 e. The minimum atomic E-state index is -4.51. The quantitative estimate of drug-likeness (QED) is 0.452. The van der Waals surface area contributed by atoms with Crippen molar-refractivity contribution in [1.82, 2.24) is 30.2 Å². The van der Waals surface area contributed by atoms with Gasteiger partial charge in [0.05, 0.1) is 11.0 Å². The summed E-state index contributed by atoms with van der Waals surface area (Å²) in [5, 5.41) is 10.9. The van der Waals surface area contributed by atoms with Gasteiger partial charge in [-0.1, -0.05) is 17.3 Å². The number of para-hydroxylation sites is 1. The number of hydrogen-bond donors (Lipinski definition) is 1. The number of carbonyl (C=O) groups excluding carboxylic acids is 2. The van der Waals surface area contributed by atoms with Crippen LogP contribution in [0.1, 0.15) is 20.8 Å². The van der Waals surface area contributed by atoms with E-state index in [0.717, 1.165) is 5.52 Å². The summed E-state index contributed by atoms with van der Waals surface area (Å²) < 4.78 is 43.4. The van der Waals surface area contributed by atoms with E-state index in [9.17, 15) is 22.8 Å². The number of nitrogens with one attached hydrogen (secondary N) is 1. The lowest BCUT2D eigenvalue weighted by Gasteiger charge is -2.22. The number of halogens is 3. The first-order chi connectivity index (χ1) is 17.7. The first-order valence-corrected chi connectivity index (χ1v) is 11.7. The summed E-state index contributed by atoms with van der Waals surface area (Å²) in [7, 11) is 0. The highest BCUT2D eigenvalue weighted by atomic mass is 19.4. The molecule has 2 amide bonds. The zero-order valence-electron chi connectivity index (χ0n) is 19.4. The number of H-pyrrole nitrogens is 1. The molecule has 1 N–H and O–H groups in total. The Hall–Kier alpha value is -4.22. The molecule has 0 saturated carbocycles. The number of nitrogens with zero attached hydrogens (tertiary/aromatic N) is 5. The summed E-state index contributed by atoms with van der Waals surface area (Å²) >= 11 is 0. The molecule has 2 saturated heterocycles. The van der Waals surface area contributed by atoms with Crippen molar-refractivity contribution in [2.45, 2.75) is 6.18 Å². The van der Waals surface area contributed by atoms with Crippen molar-refractivity contribution < 1.29 is 27.5 Å². The molecule has 4 aromatic rings. The number of carbonyl (C=O) groups is 2. The number of hydrogen-bond acceptors (Lipinski definition) is 6. The molecule has 190 valence electrons. The molecule has 2 fully saturated rings. The fraction of sp³-hybridized carbons (Fsp3) is 0.320. The predicted molar refractivity (Wildman–Crippen MR) is 126 cm³/mol. The Morgan fingerprint density at radius 3 is 2.38 bits per heavy atom. The van der Waals surface area contributed by atoms with Crippen LogP contribution in [-0.4, -0.2) is 81.0 Å². The summed E-state index contributed by atoms with van der Waals surface area (Å²) in [5.74, 6) is -0.298. The Labute approximate surface area is 208 Å². The molecular weight excluding hydrogens is 489 g/mol. The second-order valence-electron chi connectivity index (χ2n) is 9.41. The van der Waals surface area contributed by atoms with Crippen molar-refractivity contribution in [3.63, 3.8) is 0 Å². The van der Waals surface area contributed by atoms with Crippen molar-refractivity contribution in [3.05, 3.63) is 59.8 Å². The number of ether oxygens (including phenoxy) is 1. The third kappa shape index (κ3) is 4.43. The van der Waals surface area contributed by atoms with Gasteiger partial charge in [0.25, 0.3) is 11.8 Å². The summed E-state index contributed by atoms with van der Waals surface area (Å²) in [6, 6.07) is 13.1. The average Bonchev–Trinajstić information content (AvgIpc) is 3.60. The number of rotatable bonds is 4. The second kappa shape index (κ2) is 8.71. The van der Waals surface area contributed by atoms with E-state index in [1.54, 1.807) is 52.3 Å². The monoisotopic (exact) mass is 510 g/mol. The van der Waals surface area contributed by atoms with Crippen LogP contribution in [0.3, 0.4) is 0 Å². The smallest absolute Gasteiger partial charge is 0.422 e. The molecule has 2 aliphatic rings. The van der Waals surface area contributed by atoms with Crippen LogP contribution in [0.5, 0.6) is 5.75 Å². The molecule has 0 aliphatic carbocycles. The van der Waals surface area contributed by atoms with Crippen molar-refractivity contribution in [2.24, 2.45) is 11.8 Å². The van der Waals surface area contributed by atoms with Crippen molar-refractivity contribution >= 4 is 33.8 Å². The van der Waals surface area contributed by atoms with Crippen LogP contribution in [0.4, 0.5) is 13.2 Å². The lowest BCUT2D eigenvalue weighted by Crippen LogP contribution is -2.36. The molecule has 0 spiro atoms. The normalized spacial score (nSPS) is 19.5. The maximum atomic E-state index is 13.3. The van der Waals surface area contributed by atoms with Crippen LogP contribution >= 0.6 is 0 Å². The third-order valence-corrected chi connectivity index (χ3v) is 6.92. The zero-order valence-corrected chi connectivity index (χ0v) is 19.4. The van der Waals surface area contributed by atoms with Crippen LogP contribution in [-0.2, 0) is 0 Å². The maximum absolute atomic E-state index is 13.3. The number of aromatic nitrogens is 4. The lowest BCUT2D eigenvalue weighted by atomic mass is 10.0. The molecule has 2 aromatic carbocycles. The van der Waals surface area contributed by atoms with E-state index >= 15 is 0 Å². The van der Waals surface area contributed by atoms with Gasteiger partial charge in [-0.2, -0.15) is 13.2 Å². The van der Waals surface area contributed by atoms with Gasteiger partial charge in [-0.25, -0.2) is 4.98 Å². The second-order valence-corrected chi connectivity index (χ2v) is 9.41.